The molecule has 3 nitrogen and oxygen atoms in total. The Labute approximate surface area is 277 Å². The Morgan fingerprint density at radius 2 is 1.16 bits per heavy atom. The van der Waals surface area contributed by atoms with Gasteiger partial charge in [0.05, 0.1) is 0 Å². The van der Waals surface area contributed by atoms with Crippen LogP contribution in [0, 0.1) is 23.7 Å². The van der Waals surface area contributed by atoms with E-state index in [1.165, 1.54) is 68.9 Å². The first-order valence-corrected chi connectivity index (χ1v) is 18.5. The maximum Gasteiger partial charge on any atom is 0.220 e. The second-order valence-electron chi connectivity index (χ2n) is 14.8. The van der Waals surface area contributed by atoms with Crippen molar-refractivity contribution >= 4 is 11.7 Å². The highest BCUT2D eigenvalue weighted by Gasteiger charge is 2.23. The maximum absolute atomic E-state index is 12.9. The number of benzene rings is 2. The molecule has 1 N–H and O–H groups in total. The molecule has 0 saturated heterocycles. The van der Waals surface area contributed by atoms with Crippen molar-refractivity contribution < 1.29 is 9.59 Å². The SMILES string of the molecule is CC(C)CCCCCCCNC(=O)CCC(CC(=O)C(C)C)CC(CCCC(C)c1ccccc1)CCC(C)c1ccccc1. The third-order valence-electron chi connectivity index (χ3n) is 9.86. The van der Waals surface area contributed by atoms with Gasteiger partial charge in [-0.2, -0.15) is 0 Å². The van der Waals surface area contributed by atoms with E-state index in [0.717, 1.165) is 38.1 Å². The van der Waals surface area contributed by atoms with Gasteiger partial charge in [-0.05, 0) is 79.2 Å². The topological polar surface area (TPSA) is 46.2 Å². The molecule has 2 aromatic carbocycles. The van der Waals surface area contributed by atoms with Crippen LogP contribution in [-0.4, -0.2) is 18.2 Å². The minimum atomic E-state index is 0.0464. The smallest absolute Gasteiger partial charge is 0.220 e. The summed E-state index contributed by atoms with van der Waals surface area (Å²) in [4.78, 5) is 25.8. The molecule has 4 unspecified atom stereocenters. The zero-order valence-electron chi connectivity index (χ0n) is 29.9. The number of hydrogen-bond acceptors (Lipinski definition) is 2. The van der Waals surface area contributed by atoms with Crippen LogP contribution in [0.3, 0.4) is 0 Å². The average molecular weight is 618 g/mol. The number of hydrogen-bond donors (Lipinski definition) is 1. The summed E-state index contributed by atoms with van der Waals surface area (Å²) in [5.41, 5.74) is 2.83. The van der Waals surface area contributed by atoms with Crippen molar-refractivity contribution in [1.82, 2.24) is 5.32 Å². The highest BCUT2D eigenvalue weighted by atomic mass is 16.1. The summed E-state index contributed by atoms with van der Waals surface area (Å²) < 4.78 is 0. The number of carbonyl (C=O) groups excluding carboxylic acids is 2. The molecule has 2 aromatic rings. The number of ketones is 1. The van der Waals surface area contributed by atoms with E-state index in [2.05, 4.69) is 93.7 Å². The molecule has 0 aromatic heterocycles. The number of nitrogens with one attached hydrogen (secondary N) is 1. The third-order valence-corrected chi connectivity index (χ3v) is 9.86. The minimum absolute atomic E-state index is 0.0464. The number of rotatable bonds is 25. The molecule has 45 heavy (non-hydrogen) atoms. The normalized spacial score (nSPS) is 14.3. The van der Waals surface area contributed by atoms with Gasteiger partial charge in [0.15, 0.2) is 0 Å². The van der Waals surface area contributed by atoms with Crippen molar-refractivity contribution in [2.75, 3.05) is 6.54 Å². The van der Waals surface area contributed by atoms with Crippen LogP contribution in [0.2, 0.25) is 0 Å². The Balaban J connectivity index is 1.93. The largest absolute Gasteiger partial charge is 0.356 e. The molecule has 0 radical (unpaired) electrons. The Hall–Kier alpha value is -2.42. The van der Waals surface area contributed by atoms with E-state index >= 15 is 0 Å². The van der Waals surface area contributed by atoms with Gasteiger partial charge < -0.3 is 5.32 Å². The molecular formula is C42H67NO2. The van der Waals surface area contributed by atoms with Crippen LogP contribution in [0.25, 0.3) is 0 Å². The molecule has 0 aliphatic rings. The molecule has 3 heteroatoms. The molecule has 0 spiro atoms. The lowest BCUT2D eigenvalue weighted by Gasteiger charge is -2.26. The van der Waals surface area contributed by atoms with E-state index in [4.69, 9.17) is 0 Å². The lowest BCUT2D eigenvalue weighted by Crippen LogP contribution is -2.26. The van der Waals surface area contributed by atoms with Gasteiger partial charge in [-0.25, -0.2) is 0 Å². The fraction of sp³-hybridized carbons (Fsp3) is 0.667. The molecule has 252 valence electrons. The van der Waals surface area contributed by atoms with Crippen LogP contribution in [0.1, 0.15) is 161 Å². The summed E-state index contributed by atoms with van der Waals surface area (Å²) in [7, 11) is 0. The number of Topliss-reactive ketones (excluding diaryl/α,β-unsaturated/α-hetero) is 1. The lowest BCUT2D eigenvalue weighted by molar-refractivity contribution is -0.124. The van der Waals surface area contributed by atoms with E-state index in [1.54, 1.807) is 0 Å². The number of amides is 1. The predicted molar refractivity (Wildman–Crippen MR) is 194 cm³/mol. The summed E-state index contributed by atoms with van der Waals surface area (Å²) in [5, 5.41) is 3.17. The summed E-state index contributed by atoms with van der Waals surface area (Å²) in [6, 6.07) is 21.7. The van der Waals surface area contributed by atoms with Crippen molar-refractivity contribution in [2.45, 2.75) is 150 Å². The van der Waals surface area contributed by atoms with Crippen molar-refractivity contribution in [2.24, 2.45) is 23.7 Å². The first kappa shape index (κ1) is 38.8. The maximum atomic E-state index is 12.9. The molecule has 0 aliphatic carbocycles. The minimum Gasteiger partial charge on any atom is -0.356 e. The van der Waals surface area contributed by atoms with Crippen LogP contribution in [0.15, 0.2) is 60.7 Å². The first-order valence-electron chi connectivity index (χ1n) is 18.5. The second-order valence-corrected chi connectivity index (χ2v) is 14.8. The Kier molecular flexibility index (Phi) is 19.8. The summed E-state index contributed by atoms with van der Waals surface area (Å²) in [6.45, 7) is 14.1. The van der Waals surface area contributed by atoms with E-state index in [0.29, 0.717) is 36.4 Å². The van der Waals surface area contributed by atoms with Crippen molar-refractivity contribution in [1.29, 1.82) is 0 Å². The summed E-state index contributed by atoms with van der Waals surface area (Å²) >= 11 is 0. The third kappa shape index (κ3) is 17.7. The van der Waals surface area contributed by atoms with Crippen molar-refractivity contribution in [3.8, 4) is 0 Å². The van der Waals surface area contributed by atoms with E-state index in [1.807, 2.05) is 13.8 Å². The van der Waals surface area contributed by atoms with Gasteiger partial charge in [0.1, 0.15) is 5.78 Å². The monoisotopic (exact) mass is 618 g/mol. The highest BCUT2D eigenvalue weighted by Crippen LogP contribution is 2.33. The van der Waals surface area contributed by atoms with E-state index in [-0.39, 0.29) is 17.7 Å². The number of unbranched alkanes of at least 4 members (excludes halogenated alkanes) is 4. The fourth-order valence-electron chi connectivity index (χ4n) is 6.63. The Morgan fingerprint density at radius 1 is 0.578 bits per heavy atom. The quantitative estimate of drug-likeness (QED) is 0.113. The van der Waals surface area contributed by atoms with Gasteiger partial charge >= 0.3 is 0 Å². The molecule has 0 aliphatic heterocycles. The molecule has 0 saturated carbocycles. The second kappa shape index (κ2) is 23.0. The van der Waals surface area contributed by atoms with Crippen molar-refractivity contribution in [3.63, 3.8) is 0 Å². The van der Waals surface area contributed by atoms with Crippen LogP contribution in [0.4, 0.5) is 0 Å². The molecule has 0 bridgehead atoms. The molecular weight excluding hydrogens is 550 g/mol. The van der Waals surface area contributed by atoms with Crippen LogP contribution < -0.4 is 5.32 Å². The van der Waals surface area contributed by atoms with Gasteiger partial charge in [0.25, 0.3) is 0 Å². The summed E-state index contributed by atoms with van der Waals surface area (Å²) in [6.07, 6.45) is 16.3. The Bertz CT molecular complexity index is 1030. The molecule has 0 heterocycles. The molecule has 2 rings (SSSR count). The van der Waals surface area contributed by atoms with Gasteiger partial charge in [-0.3, -0.25) is 9.59 Å². The fourth-order valence-corrected chi connectivity index (χ4v) is 6.63. The van der Waals surface area contributed by atoms with Crippen LogP contribution in [-0.2, 0) is 9.59 Å². The van der Waals surface area contributed by atoms with E-state index < -0.39 is 0 Å². The molecule has 4 atom stereocenters. The zero-order valence-corrected chi connectivity index (χ0v) is 29.9. The van der Waals surface area contributed by atoms with E-state index in [9.17, 15) is 9.59 Å². The Morgan fingerprint density at radius 3 is 1.76 bits per heavy atom. The first-order chi connectivity index (χ1) is 21.7. The zero-order chi connectivity index (χ0) is 32.9. The molecule has 0 fully saturated rings. The average Bonchev–Trinajstić information content (AvgIpc) is 3.03. The number of carbonyl (C=O) groups is 2. The summed E-state index contributed by atoms with van der Waals surface area (Å²) in [5.74, 6) is 3.25. The van der Waals surface area contributed by atoms with Gasteiger partial charge in [-0.15, -0.1) is 0 Å². The predicted octanol–water partition coefficient (Wildman–Crippen LogP) is 11.7. The van der Waals surface area contributed by atoms with Crippen LogP contribution in [0.5, 0.6) is 0 Å². The van der Waals surface area contributed by atoms with Gasteiger partial charge in [0.2, 0.25) is 5.91 Å². The van der Waals surface area contributed by atoms with Crippen molar-refractivity contribution in [3.05, 3.63) is 71.8 Å². The van der Waals surface area contributed by atoms with Gasteiger partial charge in [-0.1, -0.05) is 147 Å². The van der Waals surface area contributed by atoms with Gasteiger partial charge in [0, 0.05) is 25.3 Å². The lowest BCUT2D eigenvalue weighted by atomic mass is 9.79. The molecule has 1 amide bonds. The highest BCUT2D eigenvalue weighted by molar-refractivity contribution is 5.80. The standard InChI is InChI=1S/C42H67NO2/c1-33(2)19-12-8-7-9-17-30-43-42(45)29-28-38(32-41(44)34(3)4)31-37(27-26-36(6)40-24-15-11-16-25-40)21-18-20-35(5)39-22-13-10-14-23-39/h10-11,13-16,22-25,33-38H,7-9,12,17-21,26-32H2,1-6H3,(H,43,45). The van der Waals surface area contributed by atoms with Crippen LogP contribution >= 0.6 is 0 Å².